The molecule has 1 aromatic rings. The minimum absolute atomic E-state index is 0.0213. The molecule has 1 aromatic carbocycles. The van der Waals surface area contributed by atoms with Gasteiger partial charge in [0.15, 0.2) is 0 Å². The zero-order valence-corrected chi connectivity index (χ0v) is 17.8. The van der Waals surface area contributed by atoms with Crippen molar-refractivity contribution in [3.8, 4) is 0 Å². The second-order valence-corrected chi connectivity index (χ2v) is 8.89. The van der Waals surface area contributed by atoms with Gasteiger partial charge in [0.1, 0.15) is 6.04 Å². The van der Waals surface area contributed by atoms with Crippen molar-refractivity contribution in [2.45, 2.75) is 57.2 Å². The number of amides is 4. The predicted octanol–water partition coefficient (Wildman–Crippen LogP) is 2.22. The molecule has 1 N–H and O–H groups in total. The summed E-state index contributed by atoms with van der Waals surface area (Å²) in [5.74, 6) is 0.0984. The number of hydrogen-bond acceptors (Lipinski definition) is 4. The van der Waals surface area contributed by atoms with Gasteiger partial charge in [0.25, 0.3) is 5.91 Å². The van der Waals surface area contributed by atoms with E-state index in [4.69, 9.17) is 0 Å². The quantitative estimate of drug-likeness (QED) is 0.727. The van der Waals surface area contributed by atoms with Gasteiger partial charge in [-0.25, -0.2) is 4.79 Å². The Bertz CT molecular complexity index is 782. The summed E-state index contributed by atoms with van der Waals surface area (Å²) < 4.78 is 0. The highest BCUT2D eigenvalue weighted by atomic mass is 16.2. The number of carbonyl (C=O) groups is 3. The molecule has 0 saturated carbocycles. The van der Waals surface area contributed by atoms with Crippen molar-refractivity contribution in [2.75, 3.05) is 26.7 Å². The molecule has 4 rings (SSSR count). The highest BCUT2D eigenvalue weighted by molar-refractivity contribution is 6.05. The van der Waals surface area contributed by atoms with Gasteiger partial charge in [0.05, 0.1) is 13.0 Å². The lowest BCUT2D eigenvalue weighted by Crippen LogP contribution is -2.51. The average molecular weight is 413 g/mol. The predicted molar refractivity (Wildman–Crippen MR) is 114 cm³/mol. The molecular weight excluding hydrogens is 380 g/mol. The molecule has 0 spiro atoms. The summed E-state index contributed by atoms with van der Waals surface area (Å²) in [4.78, 5) is 43.4. The van der Waals surface area contributed by atoms with E-state index >= 15 is 0 Å². The van der Waals surface area contributed by atoms with E-state index in [-0.39, 0.29) is 24.8 Å². The molecule has 0 aromatic heterocycles. The van der Waals surface area contributed by atoms with E-state index in [1.807, 2.05) is 37.4 Å². The molecule has 3 saturated heterocycles. The zero-order valence-electron chi connectivity index (χ0n) is 17.8. The van der Waals surface area contributed by atoms with E-state index in [9.17, 15) is 14.4 Å². The second-order valence-electron chi connectivity index (χ2n) is 8.89. The SMILES string of the molecule is CN(C[C@@H]1CCCN2CCCC[C@H]12)C(=O)C[C@H]1NC(=O)N(Cc2ccccc2)C1=O. The van der Waals surface area contributed by atoms with Gasteiger partial charge in [-0.1, -0.05) is 36.8 Å². The highest BCUT2D eigenvalue weighted by Crippen LogP contribution is 2.31. The van der Waals surface area contributed by atoms with Crippen LogP contribution in [0, 0.1) is 5.92 Å². The molecule has 0 bridgehead atoms. The van der Waals surface area contributed by atoms with Crippen LogP contribution < -0.4 is 5.32 Å². The summed E-state index contributed by atoms with van der Waals surface area (Å²) in [7, 11) is 1.83. The topological polar surface area (TPSA) is 73.0 Å². The van der Waals surface area contributed by atoms with Crippen LogP contribution in [0.25, 0.3) is 0 Å². The van der Waals surface area contributed by atoms with Gasteiger partial charge >= 0.3 is 6.03 Å². The van der Waals surface area contributed by atoms with Crippen LogP contribution >= 0.6 is 0 Å². The molecule has 0 aliphatic carbocycles. The first-order chi connectivity index (χ1) is 14.5. The van der Waals surface area contributed by atoms with Crippen molar-refractivity contribution >= 4 is 17.8 Å². The van der Waals surface area contributed by atoms with Gasteiger partial charge in [0.2, 0.25) is 5.91 Å². The van der Waals surface area contributed by atoms with Crippen LogP contribution in [0.15, 0.2) is 30.3 Å². The first-order valence-electron chi connectivity index (χ1n) is 11.2. The van der Waals surface area contributed by atoms with Crippen LogP contribution in [0.3, 0.4) is 0 Å². The molecule has 7 nitrogen and oxygen atoms in total. The van der Waals surface area contributed by atoms with Crippen LogP contribution in [-0.4, -0.2) is 71.3 Å². The number of benzene rings is 1. The summed E-state index contributed by atoms with van der Waals surface area (Å²) >= 11 is 0. The molecule has 3 aliphatic heterocycles. The monoisotopic (exact) mass is 412 g/mol. The number of carbonyl (C=O) groups excluding carboxylic acids is 3. The molecule has 3 aliphatic rings. The summed E-state index contributed by atoms with van der Waals surface area (Å²) in [5.41, 5.74) is 0.888. The molecular formula is C23H32N4O3. The average Bonchev–Trinajstić information content (AvgIpc) is 3.02. The van der Waals surface area contributed by atoms with Gasteiger partial charge in [0, 0.05) is 19.6 Å². The summed E-state index contributed by atoms with van der Waals surface area (Å²) in [6.45, 7) is 3.31. The normalized spacial score (nSPS) is 27.0. The van der Waals surface area contributed by atoms with Gasteiger partial charge in [-0.3, -0.25) is 14.5 Å². The summed E-state index contributed by atoms with van der Waals surface area (Å²) in [6, 6.07) is 8.80. The maximum atomic E-state index is 12.8. The first-order valence-corrected chi connectivity index (χ1v) is 11.2. The van der Waals surface area contributed by atoms with E-state index in [1.54, 1.807) is 4.90 Å². The number of urea groups is 1. The standard InChI is InChI=1S/C23H32N4O3/c1-25(16-18-10-7-13-26-12-6-5-11-20(18)26)21(28)14-19-22(29)27(23(30)24-19)15-17-8-3-2-4-9-17/h2-4,8-9,18-20H,5-7,10-16H2,1H3,(H,24,30)/t18-,19+,20+/m0/s1. The minimum atomic E-state index is -0.770. The number of imide groups is 1. The van der Waals surface area contributed by atoms with Crippen LogP contribution in [0.4, 0.5) is 4.79 Å². The van der Waals surface area contributed by atoms with E-state index in [0.29, 0.717) is 12.0 Å². The van der Waals surface area contributed by atoms with Gasteiger partial charge in [-0.05, 0) is 50.3 Å². The zero-order chi connectivity index (χ0) is 21.1. The van der Waals surface area contributed by atoms with Crippen molar-refractivity contribution in [1.29, 1.82) is 0 Å². The van der Waals surface area contributed by atoms with E-state index in [2.05, 4.69) is 10.2 Å². The van der Waals surface area contributed by atoms with Crippen molar-refractivity contribution < 1.29 is 14.4 Å². The second kappa shape index (κ2) is 9.16. The minimum Gasteiger partial charge on any atom is -0.345 e. The van der Waals surface area contributed by atoms with Crippen molar-refractivity contribution in [2.24, 2.45) is 5.92 Å². The van der Waals surface area contributed by atoms with Crippen LogP contribution in [0.2, 0.25) is 0 Å². The van der Waals surface area contributed by atoms with Crippen molar-refractivity contribution in [3.63, 3.8) is 0 Å². The summed E-state index contributed by atoms with van der Waals surface area (Å²) in [6.07, 6.45) is 6.14. The Balaban J connectivity index is 1.32. The molecule has 162 valence electrons. The van der Waals surface area contributed by atoms with E-state index < -0.39 is 12.1 Å². The molecule has 3 fully saturated rings. The molecule has 3 atom stereocenters. The Morgan fingerprint density at radius 2 is 1.87 bits per heavy atom. The number of nitrogens with one attached hydrogen (secondary N) is 1. The maximum absolute atomic E-state index is 12.8. The third kappa shape index (κ3) is 4.51. The lowest BCUT2D eigenvalue weighted by atomic mass is 9.83. The fraction of sp³-hybridized carbons (Fsp3) is 0.609. The van der Waals surface area contributed by atoms with E-state index in [0.717, 1.165) is 18.5 Å². The molecule has 7 heteroatoms. The molecule has 30 heavy (non-hydrogen) atoms. The fourth-order valence-corrected chi connectivity index (χ4v) is 5.21. The van der Waals surface area contributed by atoms with Crippen molar-refractivity contribution in [3.05, 3.63) is 35.9 Å². The smallest absolute Gasteiger partial charge is 0.325 e. The molecule has 4 amide bonds. The Labute approximate surface area is 178 Å². The van der Waals surface area contributed by atoms with Crippen LogP contribution in [0.5, 0.6) is 0 Å². The first kappa shape index (κ1) is 20.8. The maximum Gasteiger partial charge on any atom is 0.325 e. The largest absolute Gasteiger partial charge is 0.345 e. The van der Waals surface area contributed by atoms with Gasteiger partial charge < -0.3 is 15.1 Å². The molecule has 3 heterocycles. The third-order valence-electron chi connectivity index (χ3n) is 6.83. The van der Waals surface area contributed by atoms with Crippen molar-refractivity contribution in [1.82, 2.24) is 20.0 Å². The lowest BCUT2D eigenvalue weighted by Gasteiger charge is -2.45. The van der Waals surface area contributed by atoms with Crippen LogP contribution in [-0.2, 0) is 16.1 Å². The van der Waals surface area contributed by atoms with E-state index in [1.165, 1.54) is 43.7 Å². The lowest BCUT2D eigenvalue weighted by molar-refractivity contribution is -0.135. The Morgan fingerprint density at radius 1 is 1.10 bits per heavy atom. The molecule has 0 unspecified atom stereocenters. The van der Waals surface area contributed by atoms with Gasteiger partial charge in [-0.15, -0.1) is 0 Å². The third-order valence-corrected chi connectivity index (χ3v) is 6.83. The number of nitrogens with zero attached hydrogens (tertiary/aromatic N) is 3. The highest BCUT2D eigenvalue weighted by Gasteiger charge is 2.40. The molecule has 0 radical (unpaired) electrons. The number of hydrogen-bond donors (Lipinski definition) is 1. The van der Waals surface area contributed by atoms with Gasteiger partial charge in [-0.2, -0.15) is 0 Å². The number of rotatable bonds is 6. The Kier molecular flexibility index (Phi) is 6.37. The Hall–Kier alpha value is -2.41. The number of fused-ring (bicyclic) bond motifs is 1. The summed E-state index contributed by atoms with van der Waals surface area (Å²) in [5, 5.41) is 2.69. The Morgan fingerprint density at radius 3 is 2.67 bits per heavy atom. The number of piperidine rings is 2. The van der Waals surface area contributed by atoms with Crippen LogP contribution in [0.1, 0.15) is 44.1 Å². The fourth-order valence-electron chi connectivity index (χ4n) is 5.21.